The zero-order valence-electron chi connectivity index (χ0n) is 42.4. The second-order valence-corrected chi connectivity index (χ2v) is 19.5. The normalized spacial score (nSPS) is 13.7. The molecule has 0 aliphatic rings. The number of unbranched alkanes of at least 4 members (excludes halogenated alkanes) is 27. The maximum absolute atomic E-state index is 12.8. The van der Waals surface area contributed by atoms with Gasteiger partial charge in [0.05, 0.1) is 19.8 Å². The van der Waals surface area contributed by atoms with E-state index in [1.54, 1.807) is 0 Å². The summed E-state index contributed by atoms with van der Waals surface area (Å²) in [6, 6.07) is 0. The van der Waals surface area contributed by atoms with Gasteiger partial charge in [0.1, 0.15) is 12.7 Å². The zero-order valence-corrected chi connectivity index (χ0v) is 43.3. The largest absolute Gasteiger partial charge is 0.472 e. The van der Waals surface area contributed by atoms with Gasteiger partial charge in [-0.15, -0.1) is 0 Å². The van der Waals surface area contributed by atoms with Gasteiger partial charge in [0.25, 0.3) is 0 Å². The molecule has 12 heteroatoms. The maximum Gasteiger partial charge on any atom is 0.472 e. The van der Waals surface area contributed by atoms with Gasteiger partial charge < -0.3 is 24.2 Å². The fourth-order valence-corrected chi connectivity index (χ4v) is 8.16. The predicted molar refractivity (Wildman–Crippen MR) is 270 cm³/mol. The fraction of sp³-hybridized carbons (Fsp3) is 0.833. The summed E-state index contributed by atoms with van der Waals surface area (Å²) in [6.45, 7) is 4.58. The molecule has 66 heavy (non-hydrogen) atoms. The molecule has 3 unspecified atom stereocenters. The lowest BCUT2D eigenvalue weighted by atomic mass is 10.1. The first-order chi connectivity index (χ1) is 32.2. The van der Waals surface area contributed by atoms with Crippen LogP contribution in [0.1, 0.15) is 252 Å². The number of carbonyl (C=O) groups excluding carboxylic acids is 3. The van der Waals surface area contributed by atoms with Crippen LogP contribution in [-0.2, 0) is 42.2 Å². The molecule has 0 amide bonds. The Morgan fingerprint density at radius 2 is 0.742 bits per heavy atom. The van der Waals surface area contributed by atoms with Gasteiger partial charge in [-0.05, 0) is 77.0 Å². The second kappa shape index (κ2) is 49.1. The summed E-state index contributed by atoms with van der Waals surface area (Å²) in [6.07, 6.45) is 48.2. The minimum Gasteiger partial charge on any atom is -0.462 e. The summed E-state index contributed by atoms with van der Waals surface area (Å²) in [5.41, 5.74) is 0. The van der Waals surface area contributed by atoms with Crippen molar-refractivity contribution in [3.63, 3.8) is 0 Å². The van der Waals surface area contributed by atoms with E-state index in [0.29, 0.717) is 19.3 Å². The number of ether oxygens (including phenoxy) is 3. The SMILES string of the molecule is CCCCC/C=C\C/C=C\CCCCCCCC(=O)OC(COC(=O)CCCCCCCCCCCCC)COP(=O)(O)OCC(CO)OC(=O)CCCCCCC/C=C\CCCCCC. The average molecular weight is 955 g/mol. The minimum atomic E-state index is -4.74. The molecule has 0 aromatic rings. The summed E-state index contributed by atoms with van der Waals surface area (Å²) in [4.78, 5) is 48.3. The van der Waals surface area contributed by atoms with E-state index in [4.69, 9.17) is 23.3 Å². The quantitative estimate of drug-likeness (QED) is 0.0197. The van der Waals surface area contributed by atoms with Crippen molar-refractivity contribution in [3.8, 4) is 0 Å². The zero-order chi connectivity index (χ0) is 48.4. The molecular formula is C54H99O11P. The third-order valence-corrected chi connectivity index (χ3v) is 12.5. The van der Waals surface area contributed by atoms with Crippen molar-refractivity contribution in [3.05, 3.63) is 36.5 Å². The Bertz CT molecular complexity index is 1250. The molecule has 3 atom stereocenters. The van der Waals surface area contributed by atoms with Crippen LogP contribution in [0.5, 0.6) is 0 Å². The Labute approximate surface area is 403 Å². The molecule has 0 bridgehead atoms. The fourth-order valence-electron chi connectivity index (χ4n) is 7.38. The van der Waals surface area contributed by atoms with Gasteiger partial charge in [0.2, 0.25) is 0 Å². The van der Waals surface area contributed by atoms with E-state index in [9.17, 15) is 28.9 Å². The Hall–Kier alpha value is -2.30. The Morgan fingerprint density at radius 3 is 1.18 bits per heavy atom. The third kappa shape index (κ3) is 46.8. The Kier molecular flexibility index (Phi) is 47.4. The van der Waals surface area contributed by atoms with Crippen molar-refractivity contribution in [2.45, 2.75) is 264 Å². The monoisotopic (exact) mass is 955 g/mol. The number of esters is 3. The minimum absolute atomic E-state index is 0.154. The van der Waals surface area contributed by atoms with E-state index >= 15 is 0 Å². The van der Waals surface area contributed by atoms with Crippen molar-refractivity contribution >= 4 is 25.7 Å². The van der Waals surface area contributed by atoms with E-state index in [1.165, 1.54) is 89.9 Å². The van der Waals surface area contributed by atoms with Crippen LogP contribution in [0.25, 0.3) is 0 Å². The average Bonchev–Trinajstić information content (AvgIpc) is 3.30. The molecule has 0 spiro atoms. The molecule has 11 nitrogen and oxygen atoms in total. The number of phosphoric ester groups is 1. The number of allylic oxidation sites excluding steroid dienone is 6. The first-order valence-electron chi connectivity index (χ1n) is 26.9. The Morgan fingerprint density at radius 1 is 0.424 bits per heavy atom. The van der Waals surface area contributed by atoms with Crippen LogP contribution in [0.3, 0.4) is 0 Å². The number of hydrogen-bond donors (Lipinski definition) is 2. The number of phosphoric acid groups is 1. The molecule has 0 fully saturated rings. The molecule has 0 aliphatic carbocycles. The molecule has 386 valence electrons. The standard InChI is InChI=1S/C54H99O11P/c1-4-7-10-13-16-19-22-24-25-27-30-33-36-39-42-45-54(58)65-51(47-61-52(56)43-40-37-34-31-28-21-18-15-12-9-6-3)49-63-66(59,60)62-48-50(46-55)64-53(57)44-41-38-35-32-29-26-23-20-17-14-11-8-5-2/h16,19-20,23-25,50-51,55H,4-15,17-18,21-22,26-49H2,1-3H3,(H,59,60)/b19-16-,23-20-,25-24-. The molecule has 0 rings (SSSR count). The first-order valence-corrected chi connectivity index (χ1v) is 28.4. The topological polar surface area (TPSA) is 155 Å². The number of rotatable bonds is 50. The van der Waals surface area contributed by atoms with Crippen molar-refractivity contribution in [2.75, 3.05) is 26.4 Å². The van der Waals surface area contributed by atoms with E-state index in [-0.39, 0.29) is 25.9 Å². The molecule has 0 aliphatic heterocycles. The van der Waals surface area contributed by atoms with Crippen LogP contribution in [0.15, 0.2) is 36.5 Å². The molecule has 0 heterocycles. The number of carbonyl (C=O) groups is 3. The predicted octanol–water partition coefficient (Wildman–Crippen LogP) is 15.3. The highest BCUT2D eigenvalue weighted by Crippen LogP contribution is 2.43. The van der Waals surface area contributed by atoms with E-state index < -0.39 is 57.8 Å². The van der Waals surface area contributed by atoms with E-state index in [0.717, 1.165) is 103 Å². The summed E-state index contributed by atoms with van der Waals surface area (Å²) in [7, 11) is -4.74. The Balaban J connectivity index is 4.73. The van der Waals surface area contributed by atoms with E-state index in [2.05, 4.69) is 57.2 Å². The van der Waals surface area contributed by atoms with Crippen LogP contribution < -0.4 is 0 Å². The van der Waals surface area contributed by atoms with Crippen LogP contribution in [0, 0.1) is 0 Å². The maximum atomic E-state index is 12.8. The lowest BCUT2D eigenvalue weighted by molar-refractivity contribution is -0.161. The van der Waals surface area contributed by atoms with Gasteiger partial charge in [-0.2, -0.15) is 0 Å². The van der Waals surface area contributed by atoms with Crippen LogP contribution in [0.2, 0.25) is 0 Å². The van der Waals surface area contributed by atoms with Gasteiger partial charge in [0.15, 0.2) is 6.10 Å². The van der Waals surface area contributed by atoms with Crippen LogP contribution in [-0.4, -0.2) is 66.5 Å². The van der Waals surface area contributed by atoms with E-state index in [1.807, 2.05) is 0 Å². The van der Waals surface area contributed by atoms with Crippen molar-refractivity contribution < 1.29 is 52.2 Å². The number of hydrogen-bond acceptors (Lipinski definition) is 10. The smallest absolute Gasteiger partial charge is 0.462 e. The third-order valence-electron chi connectivity index (χ3n) is 11.5. The first kappa shape index (κ1) is 63.7. The van der Waals surface area contributed by atoms with Crippen molar-refractivity contribution in [1.29, 1.82) is 0 Å². The highest BCUT2D eigenvalue weighted by atomic mass is 31.2. The van der Waals surface area contributed by atoms with Gasteiger partial charge in [-0.1, -0.05) is 192 Å². The van der Waals surface area contributed by atoms with Crippen LogP contribution >= 0.6 is 7.82 Å². The highest BCUT2D eigenvalue weighted by Gasteiger charge is 2.28. The molecule has 0 saturated carbocycles. The molecule has 2 N–H and O–H groups in total. The summed E-state index contributed by atoms with van der Waals surface area (Å²) < 4.78 is 39.4. The molecule has 0 radical (unpaired) electrons. The lowest BCUT2D eigenvalue weighted by Gasteiger charge is -2.21. The highest BCUT2D eigenvalue weighted by molar-refractivity contribution is 7.47. The van der Waals surface area contributed by atoms with Gasteiger partial charge >= 0.3 is 25.7 Å². The molecule has 0 saturated heterocycles. The lowest BCUT2D eigenvalue weighted by Crippen LogP contribution is -2.30. The van der Waals surface area contributed by atoms with Gasteiger partial charge in [0, 0.05) is 19.3 Å². The molecule has 0 aromatic heterocycles. The number of aliphatic hydroxyl groups excluding tert-OH is 1. The summed E-state index contributed by atoms with van der Waals surface area (Å²) in [5.74, 6) is -1.48. The molecule has 0 aromatic carbocycles. The second-order valence-electron chi connectivity index (χ2n) is 18.0. The van der Waals surface area contributed by atoms with Gasteiger partial charge in [-0.25, -0.2) is 4.57 Å². The molecular weight excluding hydrogens is 856 g/mol. The van der Waals surface area contributed by atoms with Gasteiger partial charge in [-0.3, -0.25) is 23.4 Å². The van der Waals surface area contributed by atoms with Crippen molar-refractivity contribution in [1.82, 2.24) is 0 Å². The summed E-state index contributed by atoms with van der Waals surface area (Å²) >= 11 is 0. The summed E-state index contributed by atoms with van der Waals surface area (Å²) in [5, 5.41) is 9.77. The number of aliphatic hydroxyl groups is 1. The van der Waals surface area contributed by atoms with Crippen LogP contribution in [0.4, 0.5) is 0 Å². The van der Waals surface area contributed by atoms with Crippen molar-refractivity contribution in [2.24, 2.45) is 0 Å².